The van der Waals surface area contributed by atoms with Crippen molar-refractivity contribution >= 4 is 23.2 Å². The summed E-state index contributed by atoms with van der Waals surface area (Å²) in [5, 5.41) is 4.32. The zero-order valence-electron chi connectivity index (χ0n) is 10.8. The van der Waals surface area contributed by atoms with Crippen LogP contribution in [-0.2, 0) is 0 Å². The summed E-state index contributed by atoms with van der Waals surface area (Å²) >= 11 is 12.0. The van der Waals surface area contributed by atoms with Crippen LogP contribution < -0.4 is 10.1 Å². The molecule has 2 nitrogen and oxygen atoms in total. The third kappa shape index (κ3) is 3.63. The maximum Gasteiger partial charge on any atom is 0.147 e. The molecule has 0 fully saturated rings. The lowest BCUT2D eigenvalue weighted by Gasteiger charge is -2.13. The molecule has 2 rings (SSSR count). The van der Waals surface area contributed by atoms with E-state index < -0.39 is 0 Å². The van der Waals surface area contributed by atoms with E-state index in [4.69, 9.17) is 27.9 Å². The van der Waals surface area contributed by atoms with Crippen LogP contribution in [0.2, 0.25) is 10.0 Å². The second kappa shape index (κ2) is 6.29. The molecule has 0 bridgehead atoms. The first-order chi connectivity index (χ1) is 9.10. The SMILES string of the molecule is CNC(C)c1cccc(Oc2cc(Cl)ccc2Cl)c1. The van der Waals surface area contributed by atoms with Gasteiger partial charge in [0.05, 0.1) is 5.02 Å². The van der Waals surface area contributed by atoms with Gasteiger partial charge in [0, 0.05) is 17.1 Å². The summed E-state index contributed by atoms with van der Waals surface area (Å²) in [6.07, 6.45) is 0. The third-order valence-electron chi connectivity index (χ3n) is 2.91. The van der Waals surface area contributed by atoms with E-state index >= 15 is 0 Å². The standard InChI is InChI=1S/C15H15Cl2NO/c1-10(18-2)11-4-3-5-13(8-11)19-15-9-12(16)6-7-14(15)17/h3-10,18H,1-2H3. The fourth-order valence-corrected chi connectivity index (χ4v) is 2.01. The van der Waals surface area contributed by atoms with Crippen LogP contribution in [0.3, 0.4) is 0 Å². The van der Waals surface area contributed by atoms with Crippen LogP contribution in [0.4, 0.5) is 0 Å². The monoisotopic (exact) mass is 295 g/mol. The van der Waals surface area contributed by atoms with Crippen molar-refractivity contribution in [1.29, 1.82) is 0 Å². The number of hydrogen-bond acceptors (Lipinski definition) is 2. The highest BCUT2D eigenvalue weighted by Crippen LogP contribution is 2.32. The molecule has 0 saturated heterocycles. The van der Waals surface area contributed by atoms with E-state index in [0.717, 1.165) is 11.3 Å². The van der Waals surface area contributed by atoms with Gasteiger partial charge >= 0.3 is 0 Å². The second-order valence-electron chi connectivity index (χ2n) is 4.26. The summed E-state index contributed by atoms with van der Waals surface area (Å²) in [5.41, 5.74) is 1.15. The molecule has 1 atom stereocenters. The van der Waals surface area contributed by atoms with Gasteiger partial charge in [0.25, 0.3) is 0 Å². The molecular formula is C15H15Cl2NO. The number of nitrogens with one attached hydrogen (secondary N) is 1. The predicted molar refractivity (Wildman–Crippen MR) is 80.5 cm³/mol. The molecule has 0 aliphatic rings. The first kappa shape index (κ1) is 14.2. The Morgan fingerprint density at radius 3 is 2.63 bits per heavy atom. The van der Waals surface area contributed by atoms with Crippen molar-refractivity contribution < 1.29 is 4.74 Å². The van der Waals surface area contributed by atoms with E-state index in [1.54, 1.807) is 18.2 Å². The average Bonchev–Trinajstić information content (AvgIpc) is 2.42. The zero-order chi connectivity index (χ0) is 13.8. The number of rotatable bonds is 4. The van der Waals surface area contributed by atoms with Gasteiger partial charge in [-0.1, -0.05) is 35.3 Å². The molecule has 19 heavy (non-hydrogen) atoms. The van der Waals surface area contributed by atoms with Crippen LogP contribution in [-0.4, -0.2) is 7.05 Å². The van der Waals surface area contributed by atoms with Gasteiger partial charge < -0.3 is 10.1 Å². The molecule has 0 saturated carbocycles. The van der Waals surface area contributed by atoms with Crippen LogP contribution in [0.25, 0.3) is 0 Å². The van der Waals surface area contributed by atoms with Crippen LogP contribution in [0.5, 0.6) is 11.5 Å². The van der Waals surface area contributed by atoms with Crippen LogP contribution in [0.1, 0.15) is 18.5 Å². The molecule has 0 aliphatic carbocycles. The number of halogens is 2. The minimum atomic E-state index is 0.262. The Bertz CT molecular complexity index is 572. The zero-order valence-corrected chi connectivity index (χ0v) is 12.3. The van der Waals surface area contributed by atoms with E-state index in [1.165, 1.54) is 0 Å². The Morgan fingerprint density at radius 2 is 1.89 bits per heavy atom. The molecular weight excluding hydrogens is 281 g/mol. The van der Waals surface area contributed by atoms with Crippen molar-refractivity contribution in [3.05, 3.63) is 58.1 Å². The Morgan fingerprint density at radius 1 is 1.11 bits per heavy atom. The summed E-state index contributed by atoms with van der Waals surface area (Å²) in [7, 11) is 1.92. The van der Waals surface area contributed by atoms with Gasteiger partial charge in [0.1, 0.15) is 11.5 Å². The maximum atomic E-state index is 6.08. The summed E-state index contributed by atoms with van der Waals surface area (Å²) in [4.78, 5) is 0. The lowest BCUT2D eigenvalue weighted by molar-refractivity contribution is 0.481. The highest BCUT2D eigenvalue weighted by Gasteiger charge is 2.07. The highest BCUT2D eigenvalue weighted by atomic mass is 35.5. The van der Waals surface area contributed by atoms with Crippen molar-refractivity contribution in [3.8, 4) is 11.5 Å². The first-order valence-electron chi connectivity index (χ1n) is 6.00. The lowest BCUT2D eigenvalue weighted by Crippen LogP contribution is -2.12. The number of ether oxygens (including phenoxy) is 1. The Kier molecular flexibility index (Phi) is 4.70. The molecule has 0 heterocycles. The fraction of sp³-hybridized carbons (Fsp3) is 0.200. The van der Waals surface area contributed by atoms with Gasteiger partial charge in [-0.2, -0.15) is 0 Å². The molecule has 0 aromatic heterocycles. The lowest BCUT2D eigenvalue weighted by atomic mass is 10.1. The van der Waals surface area contributed by atoms with E-state index in [-0.39, 0.29) is 6.04 Å². The molecule has 0 amide bonds. The van der Waals surface area contributed by atoms with Gasteiger partial charge in [0.15, 0.2) is 0 Å². The minimum absolute atomic E-state index is 0.262. The summed E-state index contributed by atoms with van der Waals surface area (Å²) in [5.74, 6) is 1.30. The van der Waals surface area contributed by atoms with Crippen LogP contribution in [0.15, 0.2) is 42.5 Å². The molecule has 100 valence electrons. The Labute approximate surface area is 123 Å². The number of benzene rings is 2. The topological polar surface area (TPSA) is 21.3 Å². The molecule has 2 aromatic carbocycles. The van der Waals surface area contributed by atoms with Gasteiger partial charge in [-0.25, -0.2) is 0 Å². The second-order valence-corrected chi connectivity index (χ2v) is 5.10. The van der Waals surface area contributed by atoms with Gasteiger partial charge in [-0.3, -0.25) is 0 Å². The summed E-state index contributed by atoms with van der Waals surface area (Å²) < 4.78 is 5.78. The van der Waals surface area contributed by atoms with Crippen molar-refractivity contribution in [2.45, 2.75) is 13.0 Å². The summed E-state index contributed by atoms with van der Waals surface area (Å²) in [6.45, 7) is 2.09. The highest BCUT2D eigenvalue weighted by molar-refractivity contribution is 6.34. The van der Waals surface area contributed by atoms with Gasteiger partial charge in [-0.05, 0) is 43.8 Å². The van der Waals surface area contributed by atoms with E-state index in [1.807, 2.05) is 31.3 Å². The minimum Gasteiger partial charge on any atom is -0.456 e. The molecule has 0 radical (unpaired) electrons. The van der Waals surface area contributed by atoms with Crippen LogP contribution in [0, 0.1) is 0 Å². The third-order valence-corrected chi connectivity index (χ3v) is 3.46. The van der Waals surface area contributed by atoms with Crippen molar-refractivity contribution in [3.63, 3.8) is 0 Å². The molecule has 4 heteroatoms. The van der Waals surface area contributed by atoms with Gasteiger partial charge in [-0.15, -0.1) is 0 Å². The summed E-state index contributed by atoms with van der Waals surface area (Å²) in [6, 6.07) is 13.3. The van der Waals surface area contributed by atoms with Crippen molar-refractivity contribution in [2.75, 3.05) is 7.05 Å². The van der Waals surface area contributed by atoms with Crippen molar-refractivity contribution in [1.82, 2.24) is 5.32 Å². The van der Waals surface area contributed by atoms with E-state index in [9.17, 15) is 0 Å². The fourth-order valence-electron chi connectivity index (χ4n) is 1.70. The average molecular weight is 296 g/mol. The van der Waals surface area contributed by atoms with Gasteiger partial charge in [0.2, 0.25) is 0 Å². The normalized spacial score (nSPS) is 12.2. The molecule has 0 aliphatic heterocycles. The molecule has 0 spiro atoms. The number of hydrogen-bond donors (Lipinski definition) is 1. The molecule has 2 aromatic rings. The van der Waals surface area contributed by atoms with Crippen molar-refractivity contribution in [2.24, 2.45) is 0 Å². The smallest absolute Gasteiger partial charge is 0.147 e. The Hall–Kier alpha value is -1.22. The largest absolute Gasteiger partial charge is 0.456 e. The van der Waals surface area contributed by atoms with E-state index in [0.29, 0.717) is 15.8 Å². The van der Waals surface area contributed by atoms with E-state index in [2.05, 4.69) is 12.2 Å². The molecule has 1 unspecified atom stereocenters. The van der Waals surface area contributed by atoms with Crippen LogP contribution >= 0.6 is 23.2 Å². The Balaban J connectivity index is 2.26. The first-order valence-corrected chi connectivity index (χ1v) is 6.76. The maximum absolute atomic E-state index is 6.08. The quantitative estimate of drug-likeness (QED) is 0.850. The molecule has 1 N–H and O–H groups in total. The predicted octanol–water partition coefficient (Wildman–Crippen LogP) is 5.07.